The van der Waals surface area contributed by atoms with E-state index in [9.17, 15) is 14.4 Å². The van der Waals surface area contributed by atoms with Crippen molar-refractivity contribution in [2.75, 3.05) is 41.0 Å². The molecular formula is C18H23NO7. The van der Waals surface area contributed by atoms with Crippen molar-refractivity contribution in [1.82, 2.24) is 4.90 Å². The summed E-state index contributed by atoms with van der Waals surface area (Å²) >= 11 is 0. The fourth-order valence-electron chi connectivity index (χ4n) is 2.76. The number of hydrogen-bond acceptors (Lipinski definition) is 7. The van der Waals surface area contributed by atoms with Crippen molar-refractivity contribution in [3.8, 4) is 11.5 Å². The second-order valence-electron chi connectivity index (χ2n) is 5.86. The standard InChI is InChI=1S/C18H23NO7/c1-23-14-8-13(9-15(10-14)24-2)18(22)26-11-16(20)19-6-4-12(5-7-19)17(21)25-3/h8-10,12H,4-7,11H2,1-3H3. The summed E-state index contributed by atoms with van der Waals surface area (Å²) in [4.78, 5) is 37.5. The molecule has 142 valence electrons. The topological polar surface area (TPSA) is 91.4 Å². The molecule has 1 aromatic rings. The molecule has 2 rings (SSSR count). The zero-order chi connectivity index (χ0) is 19.1. The zero-order valence-electron chi connectivity index (χ0n) is 15.1. The van der Waals surface area contributed by atoms with Gasteiger partial charge in [0.15, 0.2) is 6.61 Å². The maximum absolute atomic E-state index is 12.2. The number of ether oxygens (including phenoxy) is 4. The summed E-state index contributed by atoms with van der Waals surface area (Å²) in [6, 6.07) is 4.65. The molecule has 1 aliphatic rings. The number of esters is 2. The fourth-order valence-corrected chi connectivity index (χ4v) is 2.76. The van der Waals surface area contributed by atoms with Crippen LogP contribution in [0.25, 0.3) is 0 Å². The van der Waals surface area contributed by atoms with Gasteiger partial charge < -0.3 is 23.8 Å². The van der Waals surface area contributed by atoms with E-state index < -0.39 is 5.97 Å². The van der Waals surface area contributed by atoms with E-state index in [0.29, 0.717) is 37.4 Å². The minimum absolute atomic E-state index is 0.184. The van der Waals surface area contributed by atoms with E-state index in [2.05, 4.69) is 0 Å². The first-order valence-corrected chi connectivity index (χ1v) is 8.24. The highest BCUT2D eigenvalue weighted by Crippen LogP contribution is 2.23. The summed E-state index contributed by atoms with van der Waals surface area (Å²) in [5.41, 5.74) is 0.235. The lowest BCUT2D eigenvalue weighted by atomic mass is 9.97. The minimum atomic E-state index is -0.639. The summed E-state index contributed by atoms with van der Waals surface area (Å²) in [6.45, 7) is 0.507. The van der Waals surface area contributed by atoms with Gasteiger partial charge in [-0.2, -0.15) is 0 Å². The van der Waals surface area contributed by atoms with Crippen LogP contribution in [0.1, 0.15) is 23.2 Å². The smallest absolute Gasteiger partial charge is 0.338 e. The first-order chi connectivity index (χ1) is 12.5. The van der Waals surface area contributed by atoms with Gasteiger partial charge in [-0.3, -0.25) is 9.59 Å². The van der Waals surface area contributed by atoms with E-state index in [1.165, 1.54) is 33.5 Å². The first kappa shape index (κ1) is 19.6. The van der Waals surface area contributed by atoms with Crippen LogP contribution < -0.4 is 9.47 Å². The van der Waals surface area contributed by atoms with Crippen LogP contribution in [0.4, 0.5) is 0 Å². The average Bonchev–Trinajstić information content (AvgIpc) is 2.70. The Kier molecular flexibility index (Phi) is 6.82. The largest absolute Gasteiger partial charge is 0.497 e. The molecule has 26 heavy (non-hydrogen) atoms. The van der Waals surface area contributed by atoms with Gasteiger partial charge in [-0.05, 0) is 25.0 Å². The summed E-state index contributed by atoms with van der Waals surface area (Å²) in [7, 11) is 4.31. The van der Waals surface area contributed by atoms with Gasteiger partial charge in [0.2, 0.25) is 0 Å². The molecule has 0 unspecified atom stereocenters. The van der Waals surface area contributed by atoms with Crippen LogP contribution in [0.5, 0.6) is 11.5 Å². The Morgan fingerprint density at radius 3 is 2.08 bits per heavy atom. The highest BCUT2D eigenvalue weighted by molar-refractivity contribution is 5.92. The van der Waals surface area contributed by atoms with E-state index >= 15 is 0 Å². The highest BCUT2D eigenvalue weighted by atomic mass is 16.5. The molecule has 1 saturated heterocycles. The molecule has 1 fully saturated rings. The second kappa shape index (κ2) is 9.07. The van der Waals surface area contributed by atoms with E-state index in [1.807, 2.05) is 0 Å². The molecule has 1 aromatic carbocycles. The lowest BCUT2D eigenvalue weighted by Gasteiger charge is -2.30. The summed E-state index contributed by atoms with van der Waals surface area (Å²) in [6.07, 6.45) is 1.08. The van der Waals surface area contributed by atoms with Crippen LogP contribution in [-0.2, 0) is 19.1 Å². The average molecular weight is 365 g/mol. The van der Waals surface area contributed by atoms with Crippen molar-refractivity contribution in [3.63, 3.8) is 0 Å². The normalized spacial score (nSPS) is 14.5. The van der Waals surface area contributed by atoms with Gasteiger partial charge in [0.1, 0.15) is 11.5 Å². The predicted octanol–water partition coefficient (Wildman–Crippen LogP) is 1.27. The number of benzene rings is 1. The number of likely N-dealkylation sites (tertiary alicyclic amines) is 1. The molecule has 1 heterocycles. The maximum Gasteiger partial charge on any atom is 0.338 e. The number of piperidine rings is 1. The molecule has 8 heteroatoms. The van der Waals surface area contributed by atoms with Crippen molar-refractivity contribution in [3.05, 3.63) is 23.8 Å². The number of nitrogens with zero attached hydrogens (tertiary/aromatic N) is 1. The van der Waals surface area contributed by atoms with Crippen molar-refractivity contribution in [2.24, 2.45) is 5.92 Å². The molecule has 0 saturated carbocycles. The van der Waals surface area contributed by atoms with Crippen molar-refractivity contribution in [2.45, 2.75) is 12.8 Å². The number of carbonyl (C=O) groups is 3. The Morgan fingerprint density at radius 1 is 1.00 bits per heavy atom. The van der Waals surface area contributed by atoms with Crippen LogP contribution in [0.3, 0.4) is 0 Å². The molecule has 0 N–H and O–H groups in total. The van der Waals surface area contributed by atoms with Gasteiger partial charge in [-0.15, -0.1) is 0 Å². The Labute approximate surface area is 152 Å². The van der Waals surface area contributed by atoms with Crippen LogP contribution in [0.2, 0.25) is 0 Å². The van der Waals surface area contributed by atoms with Crippen LogP contribution >= 0.6 is 0 Å². The molecule has 0 aromatic heterocycles. The third-order valence-corrected chi connectivity index (χ3v) is 4.30. The Balaban J connectivity index is 1.88. The third kappa shape index (κ3) is 4.87. The molecule has 0 radical (unpaired) electrons. The minimum Gasteiger partial charge on any atom is -0.497 e. The van der Waals surface area contributed by atoms with Crippen molar-refractivity contribution >= 4 is 17.8 Å². The van der Waals surface area contributed by atoms with Crippen LogP contribution in [-0.4, -0.2) is 63.8 Å². The summed E-state index contributed by atoms with van der Waals surface area (Å²) < 4.78 is 20.0. The zero-order valence-corrected chi connectivity index (χ0v) is 15.1. The Hall–Kier alpha value is -2.77. The number of amides is 1. The maximum atomic E-state index is 12.2. The molecule has 0 aliphatic carbocycles. The third-order valence-electron chi connectivity index (χ3n) is 4.30. The molecular weight excluding hydrogens is 342 g/mol. The molecule has 1 aliphatic heterocycles. The van der Waals surface area contributed by atoms with Crippen molar-refractivity contribution < 1.29 is 33.3 Å². The molecule has 1 amide bonds. The first-order valence-electron chi connectivity index (χ1n) is 8.24. The van der Waals surface area contributed by atoms with Crippen molar-refractivity contribution in [1.29, 1.82) is 0 Å². The van der Waals surface area contributed by atoms with Gasteiger partial charge in [0.05, 0.1) is 32.8 Å². The predicted molar refractivity (Wildman–Crippen MR) is 91.1 cm³/mol. The van der Waals surface area contributed by atoms with Gasteiger partial charge in [0, 0.05) is 19.2 Å². The molecule has 0 spiro atoms. The van der Waals surface area contributed by atoms with E-state index in [1.54, 1.807) is 11.0 Å². The number of methoxy groups -OCH3 is 3. The van der Waals surface area contributed by atoms with Gasteiger partial charge in [-0.25, -0.2) is 4.79 Å². The second-order valence-corrected chi connectivity index (χ2v) is 5.86. The van der Waals surface area contributed by atoms with Gasteiger partial charge >= 0.3 is 11.9 Å². The Morgan fingerprint density at radius 2 is 1.58 bits per heavy atom. The SMILES string of the molecule is COC(=O)C1CCN(C(=O)COC(=O)c2cc(OC)cc(OC)c2)CC1. The molecule has 8 nitrogen and oxygen atoms in total. The van der Waals surface area contributed by atoms with E-state index in [0.717, 1.165) is 0 Å². The lowest BCUT2D eigenvalue weighted by Crippen LogP contribution is -2.42. The molecule has 0 bridgehead atoms. The van der Waals surface area contributed by atoms with E-state index in [-0.39, 0.29) is 30.0 Å². The number of rotatable bonds is 6. The van der Waals surface area contributed by atoms with Crippen LogP contribution in [0.15, 0.2) is 18.2 Å². The highest BCUT2D eigenvalue weighted by Gasteiger charge is 2.28. The lowest BCUT2D eigenvalue weighted by molar-refractivity contribution is -0.149. The quantitative estimate of drug-likeness (QED) is 0.701. The summed E-state index contributed by atoms with van der Waals surface area (Å²) in [5.74, 6) is -0.470. The van der Waals surface area contributed by atoms with Gasteiger partial charge in [-0.1, -0.05) is 0 Å². The molecule has 0 atom stereocenters. The number of hydrogen-bond donors (Lipinski definition) is 0. The summed E-state index contributed by atoms with van der Waals surface area (Å²) in [5, 5.41) is 0. The monoisotopic (exact) mass is 365 g/mol. The number of carbonyl (C=O) groups excluding carboxylic acids is 3. The fraction of sp³-hybridized carbons (Fsp3) is 0.500. The van der Waals surface area contributed by atoms with Crippen LogP contribution in [0, 0.1) is 5.92 Å². The van der Waals surface area contributed by atoms with E-state index in [4.69, 9.17) is 18.9 Å². The Bertz CT molecular complexity index is 643. The van der Waals surface area contributed by atoms with Gasteiger partial charge in [0.25, 0.3) is 5.91 Å².